The molecule has 0 heterocycles. The lowest BCUT2D eigenvalue weighted by Gasteiger charge is -2.16. The van der Waals surface area contributed by atoms with Gasteiger partial charge >= 0.3 is 5.51 Å². The zero-order valence-corrected chi connectivity index (χ0v) is 11.5. The Morgan fingerprint density at radius 2 is 1.95 bits per heavy atom. The van der Waals surface area contributed by atoms with E-state index in [1.54, 1.807) is 6.92 Å². The van der Waals surface area contributed by atoms with E-state index >= 15 is 0 Å². The second-order valence-corrected chi connectivity index (χ2v) is 5.93. The minimum absolute atomic E-state index is 0.0719. The normalized spacial score (nSPS) is 14.1. The van der Waals surface area contributed by atoms with E-state index < -0.39 is 26.1 Å². The first-order chi connectivity index (χ1) is 9.09. The van der Waals surface area contributed by atoms with Crippen LogP contribution in [0.1, 0.15) is 6.92 Å². The molecule has 0 spiro atoms. The highest BCUT2D eigenvalue weighted by atomic mass is 32.2. The lowest BCUT2D eigenvalue weighted by atomic mass is 10.3. The van der Waals surface area contributed by atoms with Crippen molar-refractivity contribution in [3.05, 3.63) is 24.0 Å². The maximum absolute atomic E-state index is 13.0. The van der Waals surface area contributed by atoms with Crippen LogP contribution in [0.15, 0.2) is 23.1 Å². The predicted molar refractivity (Wildman–Crippen MR) is 64.6 cm³/mol. The molecule has 0 aliphatic heterocycles. The minimum atomic E-state index is -5.63. The fourth-order valence-electron chi connectivity index (χ4n) is 1.33. The van der Waals surface area contributed by atoms with Crippen LogP contribution in [-0.2, 0) is 14.6 Å². The van der Waals surface area contributed by atoms with E-state index in [1.807, 2.05) is 0 Å². The SMILES string of the molecule is COC(C)CNc1ccc(F)cc1S(=O)(=O)C(F)(F)F. The van der Waals surface area contributed by atoms with Gasteiger partial charge < -0.3 is 10.1 Å². The van der Waals surface area contributed by atoms with Crippen LogP contribution in [0.4, 0.5) is 23.2 Å². The van der Waals surface area contributed by atoms with Crippen molar-refractivity contribution in [1.82, 2.24) is 0 Å². The van der Waals surface area contributed by atoms with Crippen molar-refractivity contribution in [3.8, 4) is 0 Å². The van der Waals surface area contributed by atoms with Crippen LogP contribution in [-0.4, -0.2) is 33.7 Å². The summed E-state index contributed by atoms with van der Waals surface area (Å²) in [5.74, 6) is -1.07. The summed E-state index contributed by atoms with van der Waals surface area (Å²) in [6, 6.07) is 2.15. The number of hydrogen-bond acceptors (Lipinski definition) is 4. The first-order valence-electron chi connectivity index (χ1n) is 5.47. The Hall–Kier alpha value is -1.35. The summed E-state index contributed by atoms with van der Waals surface area (Å²) in [5.41, 5.74) is -5.82. The van der Waals surface area contributed by atoms with Crippen molar-refractivity contribution in [2.45, 2.75) is 23.4 Å². The van der Waals surface area contributed by atoms with Crippen molar-refractivity contribution in [3.63, 3.8) is 0 Å². The molecular formula is C11H13F4NO3S. The van der Waals surface area contributed by atoms with Gasteiger partial charge in [0.25, 0.3) is 9.84 Å². The average molecular weight is 315 g/mol. The molecule has 0 amide bonds. The van der Waals surface area contributed by atoms with Crippen LogP contribution < -0.4 is 5.32 Å². The third kappa shape index (κ3) is 3.60. The summed E-state index contributed by atoms with van der Waals surface area (Å²) in [6.45, 7) is 1.71. The number of alkyl halides is 3. The number of rotatable bonds is 5. The third-order valence-electron chi connectivity index (χ3n) is 2.52. The maximum Gasteiger partial charge on any atom is 0.501 e. The van der Waals surface area contributed by atoms with Crippen molar-refractivity contribution in [2.24, 2.45) is 0 Å². The molecule has 0 aliphatic carbocycles. The quantitative estimate of drug-likeness (QED) is 0.849. The second kappa shape index (κ2) is 5.96. The van der Waals surface area contributed by atoms with Crippen molar-refractivity contribution in [1.29, 1.82) is 0 Å². The fraction of sp³-hybridized carbons (Fsp3) is 0.455. The monoisotopic (exact) mass is 315 g/mol. The second-order valence-electron chi connectivity index (χ2n) is 4.02. The number of anilines is 1. The third-order valence-corrected chi connectivity index (χ3v) is 4.05. The van der Waals surface area contributed by atoms with E-state index in [9.17, 15) is 26.0 Å². The van der Waals surface area contributed by atoms with Crippen LogP contribution in [0.5, 0.6) is 0 Å². The van der Waals surface area contributed by atoms with E-state index in [0.717, 1.165) is 12.1 Å². The highest BCUT2D eigenvalue weighted by Crippen LogP contribution is 2.34. The van der Waals surface area contributed by atoms with Gasteiger partial charge in [-0.2, -0.15) is 13.2 Å². The fourth-order valence-corrected chi connectivity index (χ4v) is 2.27. The zero-order valence-electron chi connectivity index (χ0n) is 10.7. The zero-order chi connectivity index (χ0) is 15.6. The number of nitrogens with one attached hydrogen (secondary N) is 1. The molecule has 1 unspecified atom stereocenters. The molecule has 0 radical (unpaired) electrons. The molecule has 1 aromatic rings. The summed E-state index contributed by atoms with van der Waals surface area (Å²) in [6.07, 6.45) is -0.360. The van der Waals surface area contributed by atoms with Gasteiger partial charge in [0.15, 0.2) is 0 Å². The molecule has 0 aromatic heterocycles. The number of methoxy groups -OCH3 is 1. The standard InChI is InChI=1S/C11H13F4NO3S/c1-7(19-2)6-16-9-4-3-8(12)5-10(9)20(17,18)11(13,14)15/h3-5,7,16H,6H2,1-2H3. The molecule has 114 valence electrons. The van der Waals surface area contributed by atoms with Crippen LogP contribution in [0.25, 0.3) is 0 Å². The van der Waals surface area contributed by atoms with Crippen LogP contribution in [0, 0.1) is 5.82 Å². The Labute approximate surface area is 113 Å². The first kappa shape index (κ1) is 16.7. The molecule has 0 saturated heterocycles. The molecule has 4 nitrogen and oxygen atoms in total. The molecular weight excluding hydrogens is 302 g/mol. The molecule has 1 N–H and O–H groups in total. The van der Waals surface area contributed by atoms with Gasteiger partial charge in [-0.25, -0.2) is 12.8 Å². The van der Waals surface area contributed by atoms with E-state index in [2.05, 4.69) is 5.32 Å². The Morgan fingerprint density at radius 3 is 2.45 bits per heavy atom. The smallest absolute Gasteiger partial charge is 0.381 e. The Morgan fingerprint density at radius 1 is 1.35 bits per heavy atom. The van der Waals surface area contributed by atoms with E-state index in [4.69, 9.17) is 4.74 Å². The molecule has 20 heavy (non-hydrogen) atoms. The van der Waals surface area contributed by atoms with Gasteiger partial charge in [0.05, 0.1) is 11.8 Å². The van der Waals surface area contributed by atoms with E-state index in [-0.39, 0.29) is 18.3 Å². The molecule has 0 fully saturated rings. The van der Waals surface area contributed by atoms with Gasteiger partial charge in [0, 0.05) is 13.7 Å². The number of sulfone groups is 1. The highest BCUT2D eigenvalue weighted by molar-refractivity contribution is 7.92. The average Bonchev–Trinajstić information content (AvgIpc) is 2.35. The van der Waals surface area contributed by atoms with Gasteiger partial charge in [-0.3, -0.25) is 0 Å². The van der Waals surface area contributed by atoms with Gasteiger partial charge in [0.1, 0.15) is 10.7 Å². The predicted octanol–water partition coefficient (Wildman–Crippen LogP) is 2.57. The summed E-state index contributed by atoms with van der Waals surface area (Å²) in [5, 5.41) is 2.50. The molecule has 0 aliphatic rings. The molecule has 1 rings (SSSR count). The molecule has 0 saturated carbocycles. The Kier molecular flexibility index (Phi) is 4.98. The summed E-state index contributed by atoms with van der Waals surface area (Å²) >= 11 is 0. The minimum Gasteiger partial charge on any atom is -0.381 e. The molecule has 1 atom stereocenters. The van der Waals surface area contributed by atoms with Crippen LogP contribution in [0.2, 0.25) is 0 Å². The lowest BCUT2D eigenvalue weighted by Crippen LogP contribution is -2.25. The number of ether oxygens (including phenoxy) is 1. The van der Waals surface area contributed by atoms with Crippen molar-refractivity contribution in [2.75, 3.05) is 19.0 Å². The van der Waals surface area contributed by atoms with Crippen molar-refractivity contribution >= 4 is 15.5 Å². The first-order valence-corrected chi connectivity index (χ1v) is 6.95. The van der Waals surface area contributed by atoms with Gasteiger partial charge in [0.2, 0.25) is 0 Å². The highest BCUT2D eigenvalue weighted by Gasteiger charge is 2.48. The van der Waals surface area contributed by atoms with Gasteiger partial charge in [-0.05, 0) is 25.1 Å². The molecule has 9 heteroatoms. The number of hydrogen-bond donors (Lipinski definition) is 1. The Balaban J connectivity index is 3.22. The van der Waals surface area contributed by atoms with Crippen molar-refractivity contribution < 1.29 is 30.7 Å². The van der Waals surface area contributed by atoms with E-state index in [0.29, 0.717) is 6.07 Å². The molecule has 1 aromatic carbocycles. The maximum atomic E-state index is 13.0. The summed E-state index contributed by atoms with van der Waals surface area (Å²) in [7, 11) is -4.23. The summed E-state index contributed by atoms with van der Waals surface area (Å²) < 4.78 is 78.3. The molecule has 0 bridgehead atoms. The van der Waals surface area contributed by atoms with Crippen LogP contribution >= 0.6 is 0 Å². The van der Waals surface area contributed by atoms with Gasteiger partial charge in [-0.1, -0.05) is 0 Å². The van der Waals surface area contributed by atoms with E-state index in [1.165, 1.54) is 7.11 Å². The topological polar surface area (TPSA) is 55.4 Å². The largest absolute Gasteiger partial charge is 0.501 e. The lowest BCUT2D eigenvalue weighted by molar-refractivity contribution is -0.0435. The Bertz CT molecular complexity index is 572. The van der Waals surface area contributed by atoms with Gasteiger partial charge in [-0.15, -0.1) is 0 Å². The number of halogens is 4. The van der Waals surface area contributed by atoms with Crippen LogP contribution in [0.3, 0.4) is 0 Å². The summed E-state index contributed by atoms with van der Waals surface area (Å²) in [4.78, 5) is -1.15. The number of benzene rings is 1.